The Balaban J connectivity index is 2.26. The van der Waals surface area contributed by atoms with Gasteiger partial charge in [-0.25, -0.2) is 4.39 Å². The van der Waals surface area contributed by atoms with Gasteiger partial charge in [0.1, 0.15) is 5.82 Å². The highest BCUT2D eigenvalue weighted by Gasteiger charge is 2.56. The normalized spacial score (nSPS) is 27.2. The van der Waals surface area contributed by atoms with Crippen LogP contribution in [0.3, 0.4) is 0 Å². The highest BCUT2D eigenvalue weighted by Crippen LogP contribution is 2.52. The fraction of sp³-hybridized carbons (Fsp3) is 0.333. The topological polar surface area (TPSA) is 107 Å². The second-order valence-electron chi connectivity index (χ2n) is 6.11. The Bertz CT molecular complexity index is 888. The molecule has 2 aliphatic rings. The van der Waals surface area contributed by atoms with E-state index in [1.807, 2.05) is 18.2 Å². The van der Waals surface area contributed by atoms with Gasteiger partial charge in [0.25, 0.3) is 0 Å². The zero-order valence-corrected chi connectivity index (χ0v) is 14.6. The molecule has 1 fully saturated rings. The van der Waals surface area contributed by atoms with Gasteiger partial charge >= 0.3 is 0 Å². The Morgan fingerprint density at radius 2 is 2.00 bits per heavy atom. The standard InChI is InChI=1S/C18H13BrFN5/c19-10-1-2-15(20)11(5-10)16-12(6-21)17(24)18(8-22,9-23)14-3-4-25-7-13(14)16/h1-3,5,12-13,16,24-25H,4,7H2/t12?,13-,16-/m1/s1. The molecule has 1 aromatic carbocycles. The van der Waals surface area contributed by atoms with Crippen molar-refractivity contribution in [1.29, 1.82) is 21.2 Å². The van der Waals surface area contributed by atoms with E-state index in [9.17, 15) is 20.2 Å². The van der Waals surface area contributed by atoms with Crippen LogP contribution in [0, 0.1) is 62.5 Å². The molecule has 0 saturated heterocycles. The minimum atomic E-state index is -1.76. The van der Waals surface area contributed by atoms with E-state index in [0.29, 0.717) is 28.7 Å². The smallest absolute Gasteiger partial charge is 0.203 e. The van der Waals surface area contributed by atoms with Crippen LogP contribution in [0.2, 0.25) is 0 Å². The second-order valence-corrected chi connectivity index (χ2v) is 7.03. The maximum absolute atomic E-state index is 14.5. The molecule has 2 N–H and O–H groups in total. The van der Waals surface area contributed by atoms with Crippen LogP contribution in [0.4, 0.5) is 4.39 Å². The summed E-state index contributed by atoms with van der Waals surface area (Å²) in [6, 6.07) is 10.4. The predicted octanol–water partition coefficient (Wildman–Crippen LogP) is 3.02. The summed E-state index contributed by atoms with van der Waals surface area (Å²) in [5.41, 5.74) is -1.22. The minimum Gasteiger partial charge on any atom is -0.313 e. The first-order valence-electron chi connectivity index (χ1n) is 7.67. The number of nitriles is 3. The largest absolute Gasteiger partial charge is 0.313 e. The van der Waals surface area contributed by atoms with Crippen molar-refractivity contribution in [3.05, 3.63) is 45.7 Å². The molecule has 0 bridgehead atoms. The Kier molecular flexibility index (Phi) is 4.43. The van der Waals surface area contributed by atoms with E-state index in [1.165, 1.54) is 6.07 Å². The van der Waals surface area contributed by atoms with Crippen LogP contribution < -0.4 is 5.32 Å². The molecule has 1 aliphatic heterocycles. The first kappa shape index (κ1) is 17.3. The van der Waals surface area contributed by atoms with E-state index in [0.717, 1.165) is 0 Å². The Hall–Kier alpha value is -2.53. The minimum absolute atomic E-state index is 0.270. The predicted molar refractivity (Wildman–Crippen MR) is 91.8 cm³/mol. The number of halogens is 2. The van der Waals surface area contributed by atoms with Gasteiger partial charge in [0.2, 0.25) is 5.41 Å². The summed E-state index contributed by atoms with van der Waals surface area (Å²) in [4.78, 5) is 0. The average Bonchev–Trinajstić information content (AvgIpc) is 2.63. The molecular weight excluding hydrogens is 385 g/mol. The van der Waals surface area contributed by atoms with Crippen molar-refractivity contribution in [3.63, 3.8) is 0 Å². The number of hydrogen-bond acceptors (Lipinski definition) is 5. The molecule has 7 heteroatoms. The zero-order chi connectivity index (χ0) is 18.2. The lowest BCUT2D eigenvalue weighted by Gasteiger charge is -2.45. The monoisotopic (exact) mass is 397 g/mol. The van der Waals surface area contributed by atoms with Crippen LogP contribution in [0.5, 0.6) is 0 Å². The number of nitrogens with zero attached hydrogens (tertiary/aromatic N) is 3. The van der Waals surface area contributed by atoms with Crippen LogP contribution in [-0.2, 0) is 0 Å². The molecule has 0 amide bonds. The molecule has 1 heterocycles. The molecule has 1 aromatic rings. The summed E-state index contributed by atoms with van der Waals surface area (Å²) in [6.45, 7) is 0.883. The van der Waals surface area contributed by atoms with Crippen molar-refractivity contribution < 1.29 is 4.39 Å². The van der Waals surface area contributed by atoms with Crippen molar-refractivity contribution in [2.45, 2.75) is 5.92 Å². The number of benzene rings is 1. The molecule has 3 rings (SSSR count). The van der Waals surface area contributed by atoms with Crippen molar-refractivity contribution in [2.75, 3.05) is 13.1 Å². The Morgan fingerprint density at radius 3 is 2.64 bits per heavy atom. The molecule has 0 spiro atoms. The molecule has 5 nitrogen and oxygen atoms in total. The summed E-state index contributed by atoms with van der Waals surface area (Å²) in [5, 5.41) is 40.6. The van der Waals surface area contributed by atoms with E-state index in [2.05, 4.69) is 21.2 Å². The number of rotatable bonds is 1. The van der Waals surface area contributed by atoms with Gasteiger partial charge in [0, 0.05) is 29.4 Å². The molecule has 124 valence electrons. The molecule has 3 atom stereocenters. The van der Waals surface area contributed by atoms with Crippen LogP contribution in [0.25, 0.3) is 0 Å². The number of hydrogen-bond donors (Lipinski definition) is 2. The molecule has 1 unspecified atom stereocenters. The van der Waals surface area contributed by atoms with Gasteiger partial charge in [-0.05, 0) is 29.3 Å². The highest BCUT2D eigenvalue weighted by molar-refractivity contribution is 9.10. The third-order valence-electron chi connectivity index (χ3n) is 4.96. The zero-order valence-electron chi connectivity index (χ0n) is 13.1. The third-order valence-corrected chi connectivity index (χ3v) is 5.46. The van der Waals surface area contributed by atoms with Gasteiger partial charge in [0.05, 0.1) is 29.8 Å². The van der Waals surface area contributed by atoms with Gasteiger partial charge in [0.15, 0.2) is 0 Å². The molecule has 0 radical (unpaired) electrons. The van der Waals surface area contributed by atoms with Crippen molar-refractivity contribution in [1.82, 2.24) is 5.32 Å². The maximum atomic E-state index is 14.5. The lowest BCUT2D eigenvalue weighted by molar-refractivity contribution is 0.348. The quantitative estimate of drug-likeness (QED) is 0.709. The van der Waals surface area contributed by atoms with Crippen molar-refractivity contribution in [3.8, 4) is 18.2 Å². The second kappa shape index (κ2) is 6.41. The lowest BCUT2D eigenvalue weighted by atomic mass is 9.55. The first-order chi connectivity index (χ1) is 12.0. The van der Waals surface area contributed by atoms with Crippen molar-refractivity contribution in [2.24, 2.45) is 17.3 Å². The van der Waals surface area contributed by atoms with Gasteiger partial charge < -0.3 is 10.7 Å². The fourth-order valence-corrected chi connectivity index (χ4v) is 4.20. The van der Waals surface area contributed by atoms with Crippen LogP contribution in [0.1, 0.15) is 11.5 Å². The Labute approximate surface area is 153 Å². The summed E-state index contributed by atoms with van der Waals surface area (Å²) < 4.78 is 15.2. The third kappa shape index (κ3) is 2.46. The van der Waals surface area contributed by atoms with E-state index in [-0.39, 0.29) is 5.71 Å². The first-order valence-corrected chi connectivity index (χ1v) is 8.46. The average molecular weight is 398 g/mol. The summed E-state index contributed by atoms with van der Waals surface area (Å²) >= 11 is 3.32. The van der Waals surface area contributed by atoms with Crippen LogP contribution in [0.15, 0.2) is 34.3 Å². The molecule has 1 saturated carbocycles. The van der Waals surface area contributed by atoms with Gasteiger partial charge in [-0.1, -0.05) is 22.0 Å². The molecule has 25 heavy (non-hydrogen) atoms. The van der Waals surface area contributed by atoms with Crippen LogP contribution in [-0.4, -0.2) is 18.8 Å². The maximum Gasteiger partial charge on any atom is 0.203 e. The van der Waals surface area contributed by atoms with Gasteiger partial charge in [-0.2, -0.15) is 15.8 Å². The lowest BCUT2D eigenvalue weighted by Crippen LogP contribution is -2.51. The summed E-state index contributed by atoms with van der Waals surface area (Å²) in [7, 11) is 0. The van der Waals surface area contributed by atoms with E-state index in [1.54, 1.807) is 18.2 Å². The highest BCUT2D eigenvalue weighted by atomic mass is 79.9. The Morgan fingerprint density at radius 1 is 1.28 bits per heavy atom. The molecule has 1 aliphatic carbocycles. The summed E-state index contributed by atoms with van der Waals surface area (Å²) in [5.74, 6) is -2.56. The number of nitrogens with one attached hydrogen (secondary N) is 2. The van der Waals surface area contributed by atoms with E-state index < -0.39 is 29.0 Å². The van der Waals surface area contributed by atoms with E-state index >= 15 is 0 Å². The van der Waals surface area contributed by atoms with Gasteiger partial charge in [-0.15, -0.1) is 0 Å². The summed E-state index contributed by atoms with van der Waals surface area (Å²) in [6.07, 6.45) is 1.73. The molecular formula is C18H13BrFN5. The van der Waals surface area contributed by atoms with Gasteiger partial charge in [-0.3, -0.25) is 0 Å². The van der Waals surface area contributed by atoms with Crippen LogP contribution >= 0.6 is 15.9 Å². The number of fused-ring (bicyclic) bond motifs is 1. The van der Waals surface area contributed by atoms with E-state index in [4.69, 9.17) is 5.41 Å². The molecule has 0 aromatic heterocycles. The SMILES string of the molecule is N#CC1C(=N)C(C#N)(C#N)C2=CCNC[C@H]2[C@@H]1c1cc(Br)ccc1F. The fourth-order valence-electron chi connectivity index (χ4n) is 3.82. The van der Waals surface area contributed by atoms with Crippen molar-refractivity contribution >= 4 is 21.6 Å².